The molecule has 0 radical (unpaired) electrons. The minimum atomic E-state index is -3.63. The summed E-state index contributed by atoms with van der Waals surface area (Å²) in [5.41, 5.74) is 0.366. The molecular formula is C18H29N3O5S. The third-order valence-electron chi connectivity index (χ3n) is 4.20. The Morgan fingerprint density at radius 2 is 2.00 bits per heavy atom. The van der Waals surface area contributed by atoms with Crippen molar-refractivity contribution in [3.8, 4) is 5.75 Å². The number of sulfonamides is 1. The molecule has 2 rings (SSSR count). The zero-order valence-electron chi connectivity index (χ0n) is 16.0. The first-order valence-electron chi connectivity index (χ1n) is 9.18. The molecule has 8 nitrogen and oxygen atoms in total. The number of para-hydroxylation sites is 2. The van der Waals surface area contributed by atoms with Gasteiger partial charge in [-0.1, -0.05) is 12.1 Å². The van der Waals surface area contributed by atoms with E-state index in [4.69, 9.17) is 9.47 Å². The van der Waals surface area contributed by atoms with Crippen molar-refractivity contribution in [3.05, 3.63) is 24.3 Å². The summed E-state index contributed by atoms with van der Waals surface area (Å²) in [4.78, 5) is 14.6. The molecule has 1 aliphatic rings. The van der Waals surface area contributed by atoms with Crippen molar-refractivity contribution in [2.75, 3.05) is 63.1 Å². The first-order chi connectivity index (χ1) is 12.9. The predicted octanol–water partition coefficient (Wildman–Crippen LogP) is 0.690. The lowest BCUT2D eigenvalue weighted by Crippen LogP contribution is -2.42. The van der Waals surface area contributed by atoms with Crippen LogP contribution in [-0.2, 0) is 19.6 Å². The number of amides is 1. The minimum Gasteiger partial charge on any atom is -0.492 e. The number of ether oxygens (including phenoxy) is 2. The molecule has 1 aliphatic heterocycles. The Balaban J connectivity index is 1.91. The van der Waals surface area contributed by atoms with Gasteiger partial charge in [-0.3, -0.25) is 14.0 Å². The molecule has 1 aromatic rings. The number of carbonyl (C=O) groups excluding carboxylic acids is 1. The van der Waals surface area contributed by atoms with Gasteiger partial charge in [-0.2, -0.15) is 0 Å². The van der Waals surface area contributed by atoms with Crippen LogP contribution in [0.4, 0.5) is 5.69 Å². The third-order valence-corrected chi connectivity index (χ3v) is 5.32. The average molecular weight is 400 g/mol. The molecule has 0 aliphatic carbocycles. The Hall–Kier alpha value is -1.84. The molecule has 1 N–H and O–H groups in total. The highest BCUT2D eigenvalue weighted by Crippen LogP contribution is 2.29. The van der Waals surface area contributed by atoms with Crippen molar-refractivity contribution in [3.63, 3.8) is 0 Å². The largest absolute Gasteiger partial charge is 0.492 e. The van der Waals surface area contributed by atoms with Gasteiger partial charge in [0.2, 0.25) is 15.9 Å². The Morgan fingerprint density at radius 1 is 1.30 bits per heavy atom. The van der Waals surface area contributed by atoms with Gasteiger partial charge in [0.1, 0.15) is 12.3 Å². The van der Waals surface area contributed by atoms with E-state index in [2.05, 4.69) is 10.2 Å². The summed E-state index contributed by atoms with van der Waals surface area (Å²) >= 11 is 0. The standard InChI is InChI=1S/C18H29N3O5S/c1-3-26-17-8-5-4-7-16(17)21(27(2,23)24)15-18(22)19-9-6-10-20-11-13-25-14-12-20/h4-5,7-8H,3,6,9-15H2,1-2H3,(H,19,22). The highest BCUT2D eigenvalue weighted by molar-refractivity contribution is 7.92. The molecule has 1 heterocycles. The van der Waals surface area contributed by atoms with Crippen molar-refractivity contribution in [2.45, 2.75) is 13.3 Å². The fourth-order valence-corrected chi connectivity index (χ4v) is 3.72. The van der Waals surface area contributed by atoms with Crippen LogP contribution in [0.25, 0.3) is 0 Å². The van der Waals surface area contributed by atoms with E-state index in [0.29, 0.717) is 24.6 Å². The zero-order valence-corrected chi connectivity index (χ0v) is 16.8. The van der Waals surface area contributed by atoms with Crippen LogP contribution in [0.15, 0.2) is 24.3 Å². The van der Waals surface area contributed by atoms with Crippen LogP contribution in [-0.4, -0.2) is 78.0 Å². The number of hydrogen-bond acceptors (Lipinski definition) is 6. The summed E-state index contributed by atoms with van der Waals surface area (Å²) in [6.07, 6.45) is 1.89. The van der Waals surface area contributed by atoms with Crippen LogP contribution in [0.3, 0.4) is 0 Å². The fourth-order valence-electron chi connectivity index (χ4n) is 2.86. The van der Waals surface area contributed by atoms with E-state index in [1.54, 1.807) is 24.3 Å². The van der Waals surface area contributed by atoms with Gasteiger partial charge in [0, 0.05) is 19.6 Å². The Morgan fingerprint density at radius 3 is 2.67 bits per heavy atom. The number of hydrogen-bond donors (Lipinski definition) is 1. The number of nitrogens with one attached hydrogen (secondary N) is 1. The Labute approximate surface area is 161 Å². The molecule has 27 heavy (non-hydrogen) atoms. The number of morpholine rings is 1. The second-order valence-electron chi connectivity index (χ2n) is 6.33. The molecule has 0 unspecified atom stereocenters. The van der Waals surface area contributed by atoms with Crippen molar-refractivity contribution < 1.29 is 22.7 Å². The molecule has 0 bridgehead atoms. The fraction of sp³-hybridized carbons (Fsp3) is 0.611. The predicted molar refractivity (Wildman–Crippen MR) is 105 cm³/mol. The molecular weight excluding hydrogens is 370 g/mol. The van der Waals surface area contributed by atoms with Gasteiger partial charge in [-0.05, 0) is 32.0 Å². The van der Waals surface area contributed by atoms with Crippen LogP contribution in [0.5, 0.6) is 5.75 Å². The van der Waals surface area contributed by atoms with E-state index >= 15 is 0 Å². The van der Waals surface area contributed by atoms with E-state index in [9.17, 15) is 13.2 Å². The van der Waals surface area contributed by atoms with Gasteiger partial charge in [-0.15, -0.1) is 0 Å². The van der Waals surface area contributed by atoms with Crippen LogP contribution in [0, 0.1) is 0 Å². The van der Waals surface area contributed by atoms with Crippen molar-refractivity contribution >= 4 is 21.6 Å². The summed E-state index contributed by atoms with van der Waals surface area (Å²) in [6.45, 7) is 6.64. The lowest BCUT2D eigenvalue weighted by molar-refractivity contribution is -0.119. The first kappa shape index (κ1) is 21.5. The van der Waals surface area contributed by atoms with Crippen LogP contribution < -0.4 is 14.4 Å². The maximum atomic E-state index is 12.3. The van der Waals surface area contributed by atoms with Gasteiger partial charge in [0.15, 0.2) is 0 Å². The number of benzene rings is 1. The Bertz CT molecular complexity index is 705. The van der Waals surface area contributed by atoms with Crippen molar-refractivity contribution in [1.29, 1.82) is 0 Å². The number of anilines is 1. The van der Waals surface area contributed by atoms with Crippen LogP contribution in [0.1, 0.15) is 13.3 Å². The summed E-state index contributed by atoms with van der Waals surface area (Å²) in [5, 5.41) is 2.80. The normalized spacial score (nSPS) is 15.3. The van der Waals surface area contributed by atoms with Gasteiger partial charge in [0.25, 0.3) is 0 Å². The number of nitrogens with zero attached hydrogens (tertiary/aromatic N) is 2. The highest BCUT2D eigenvalue weighted by atomic mass is 32.2. The smallest absolute Gasteiger partial charge is 0.240 e. The van der Waals surface area contributed by atoms with E-state index in [0.717, 1.165) is 49.8 Å². The summed E-state index contributed by atoms with van der Waals surface area (Å²) in [5.74, 6) is 0.0965. The molecule has 0 spiro atoms. The maximum absolute atomic E-state index is 12.3. The van der Waals surface area contributed by atoms with E-state index < -0.39 is 10.0 Å². The topological polar surface area (TPSA) is 88.2 Å². The number of carbonyl (C=O) groups is 1. The van der Waals surface area contributed by atoms with Gasteiger partial charge >= 0.3 is 0 Å². The molecule has 152 valence electrons. The summed E-state index contributed by atoms with van der Waals surface area (Å²) < 4.78 is 36.4. The quantitative estimate of drug-likeness (QED) is 0.583. The van der Waals surface area contributed by atoms with E-state index in [1.165, 1.54) is 0 Å². The van der Waals surface area contributed by atoms with Crippen LogP contribution in [0.2, 0.25) is 0 Å². The monoisotopic (exact) mass is 399 g/mol. The summed E-state index contributed by atoms with van der Waals surface area (Å²) in [6, 6.07) is 6.81. The molecule has 1 aromatic carbocycles. The molecule has 1 saturated heterocycles. The van der Waals surface area contributed by atoms with Crippen molar-refractivity contribution in [1.82, 2.24) is 10.2 Å². The lowest BCUT2D eigenvalue weighted by atomic mass is 10.3. The molecule has 9 heteroatoms. The number of rotatable bonds is 10. The van der Waals surface area contributed by atoms with E-state index in [1.807, 2.05) is 6.92 Å². The van der Waals surface area contributed by atoms with Crippen molar-refractivity contribution in [2.24, 2.45) is 0 Å². The minimum absolute atomic E-state index is 0.277. The average Bonchev–Trinajstić information content (AvgIpc) is 2.64. The second-order valence-corrected chi connectivity index (χ2v) is 8.23. The highest BCUT2D eigenvalue weighted by Gasteiger charge is 2.23. The lowest BCUT2D eigenvalue weighted by Gasteiger charge is -2.26. The maximum Gasteiger partial charge on any atom is 0.240 e. The van der Waals surface area contributed by atoms with Gasteiger partial charge in [0.05, 0.1) is 31.8 Å². The SMILES string of the molecule is CCOc1ccccc1N(CC(=O)NCCCN1CCOCC1)S(C)(=O)=O. The van der Waals surface area contributed by atoms with Gasteiger partial charge < -0.3 is 14.8 Å². The molecule has 0 saturated carbocycles. The molecule has 0 aromatic heterocycles. The molecule has 0 atom stereocenters. The molecule has 1 fully saturated rings. The molecule has 1 amide bonds. The summed E-state index contributed by atoms with van der Waals surface area (Å²) in [7, 11) is -3.63. The second kappa shape index (κ2) is 10.5. The van der Waals surface area contributed by atoms with Gasteiger partial charge in [-0.25, -0.2) is 8.42 Å². The van der Waals surface area contributed by atoms with Crippen LogP contribution >= 0.6 is 0 Å². The Kier molecular flexibility index (Phi) is 8.33. The zero-order chi connectivity index (χ0) is 19.7. The first-order valence-corrected chi connectivity index (χ1v) is 11.0. The third kappa shape index (κ3) is 7.00. The van der Waals surface area contributed by atoms with E-state index in [-0.39, 0.29) is 12.5 Å².